The van der Waals surface area contributed by atoms with Crippen LogP contribution in [0.3, 0.4) is 0 Å². The van der Waals surface area contributed by atoms with Crippen LogP contribution in [-0.4, -0.2) is 43.8 Å². The summed E-state index contributed by atoms with van der Waals surface area (Å²) in [5, 5.41) is 6.36. The van der Waals surface area contributed by atoms with Crippen molar-refractivity contribution >= 4 is 18.3 Å². The third-order valence-electron chi connectivity index (χ3n) is 5.70. The predicted octanol–water partition coefficient (Wildman–Crippen LogP) is 1.80. The van der Waals surface area contributed by atoms with Gasteiger partial charge >= 0.3 is 0 Å². The van der Waals surface area contributed by atoms with E-state index in [1.165, 1.54) is 18.7 Å². The minimum Gasteiger partial charge on any atom is -0.496 e. The molecule has 1 amide bonds. The van der Waals surface area contributed by atoms with E-state index >= 15 is 0 Å². The van der Waals surface area contributed by atoms with Gasteiger partial charge in [0.2, 0.25) is 0 Å². The molecular formula is C22H28ClN3O4. The second-order valence-electron chi connectivity index (χ2n) is 7.55. The van der Waals surface area contributed by atoms with Gasteiger partial charge in [0.25, 0.3) is 11.5 Å². The molecule has 2 N–H and O–H groups in total. The maximum Gasteiger partial charge on any atom is 0.256 e. The molecule has 1 aromatic carbocycles. The van der Waals surface area contributed by atoms with Gasteiger partial charge in [-0.2, -0.15) is 0 Å². The maximum absolute atomic E-state index is 13.1. The van der Waals surface area contributed by atoms with Crippen LogP contribution in [0.4, 0.5) is 0 Å². The van der Waals surface area contributed by atoms with E-state index in [0.29, 0.717) is 49.9 Å². The molecule has 0 saturated heterocycles. The van der Waals surface area contributed by atoms with Crippen LogP contribution in [0.5, 0.6) is 11.5 Å². The van der Waals surface area contributed by atoms with Crippen molar-refractivity contribution in [2.24, 2.45) is 5.92 Å². The highest BCUT2D eigenvalue weighted by Gasteiger charge is 2.25. The van der Waals surface area contributed by atoms with E-state index in [4.69, 9.17) is 9.47 Å². The largest absolute Gasteiger partial charge is 0.496 e. The Bertz CT molecular complexity index is 960. The Morgan fingerprint density at radius 3 is 3.00 bits per heavy atom. The molecule has 0 fully saturated rings. The normalized spacial score (nSPS) is 17.8. The number of hydrogen-bond donors (Lipinski definition) is 2. The van der Waals surface area contributed by atoms with Gasteiger partial charge in [0.05, 0.1) is 13.7 Å². The van der Waals surface area contributed by atoms with E-state index in [1.54, 1.807) is 4.57 Å². The zero-order valence-electron chi connectivity index (χ0n) is 17.1. The minimum absolute atomic E-state index is 0. The number of fused-ring (bicyclic) bond motifs is 2. The van der Waals surface area contributed by atoms with Gasteiger partial charge in [-0.1, -0.05) is 18.2 Å². The van der Waals surface area contributed by atoms with Crippen LogP contribution in [0.25, 0.3) is 0 Å². The van der Waals surface area contributed by atoms with E-state index in [9.17, 15) is 9.59 Å². The second kappa shape index (κ2) is 10.00. The molecule has 0 aliphatic carbocycles. The highest BCUT2D eigenvalue weighted by atomic mass is 35.5. The van der Waals surface area contributed by atoms with E-state index in [0.717, 1.165) is 30.8 Å². The van der Waals surface area contributed by atoms with Crippen molar-refractivity contribution < 1.29 is 14.3 Å². The van der Waals surface area contributed by atoms with Crippen LogP contribution in [-0.2, 0) is 19.4 Å². The summed E-state index contributed by atoms with van der Waals surface area (Å²) in [6, 6.07) is 9.48. The van der Waals surface area contributed by atoms with Gasteiger partial charge in [-0.05, 0) is 30.4 Å². The minimum atomic E-state index is -0.189. The zero-order chi connectivity index (χ0) is 20.2. The number of para-hydroxylation sites is 1. The lowest BCUT2D eigenvalue weighted by atomic mass is 9.96. The molecule has 0 radical (unpaired) electrons. The quantitative estimate of drug-likeness (QED) is 0.768. The number of carbonyl (C=O) groups excluding carboxylic acids is 1. The lowest BCUT2D eigenvalue weighted by molar-refractivity contribution is 0.0940. The first kappa shape index (κ1) is 22.2. The number of rotatable bonds is 4. The maximum atomic E-state index is 13.1. The molecule has 0 saturated carbocycles. The standard InChI is InChI=1S/C22H27N3O4.ClH/c1-28-19-13-20(26)25-10-9-23-8-6-17(25)21(19)22(27)24-14-15-7-11-29-18-5-3-2-4-16(18)12-15;/h2-5,13,15,23H,6-12,14H2,1H3,(H,24,27);1H. The molecule has 8 heteroatoms. The number of methoxy groups -OCH3 is 1. The molecule has 1 atom stereocenters. The first-order valence-corrected chi connectivity index (χ1v) is 10.2. The first-order chi connectivity index (χ1) is 14.2. The number of ether oxygens (including phenoxy) is 2. The number of carbonyl (C=O) groups is 1. The van der Waals surface area contributed by atoms with Crippen LogP contribution < -0.4 is 25.7 Å². The summed E-state index contributed by atoms with van der Waals surface area (Å²) in [6.07, 6.45) is 2.35. The molecule has 1 unspecified atom stereocenters. The highest BCUT2D eigenvalue weighted by molar-refractivity contribution is 5.98. The smallest absolute Gasteiger partial charge is 0.256 e. The number of amides is 1. The number of nitrogens with one attached hydrogen (secondary N) is 2. The second-order valence-corrected chi connectivity index (χ2v) is 7.55. The predicted molar refractivity (Wildman–Crippen MR) is 117 cm³/mol. The Hall–Kier alpha value is -2.51. The number of halogens is 1. The van der Waals surface area contributed by atoms with Crippen LogP contribution in [0.1, 0.15) is 28.0 Å². The van der Waals surface area contributed by atoms with Gasteiger partial charge in [0.1, 0.15) is 17.1 Å². The number of hydrogen-bond acceptors (Lipinski definition) is 5. The Labute approximate surface area is 182 Å². The molecule has 30 heavy (non-hydrogen) atoms. The van der Waals surface area contributed by atoms with Crippen molar-refractivity contribution in [2.45, 2.75) is 25.8 Å². The number of pyridine rings is 1. The molecule has 2 aliphatic rings. The SMILES string of the molecule is COc1cc(=O)n2c(c1C(=O)NCC1CCOc3ccccc3C1)CCNCC2.Cl. The fourth-order valence-electron chi connectivity index (χ4n) is 4.17. The summed E-state index contributed by atoms with van der Waals surface area (Å²) in [5.41, 5.74) is 2.26. The summed E-state index contributed by atoms with van der Waals surface area (Å²) in [7, 11) is 1.50. The molecule has 1 aromatic heterocycles. The zero-order valence-corrected chi connectivity index (χ0v) is 17.9. The van der Waals surface area contributed by atoms with Crippen molar-refractivity contribution in [3.63, 3.8) is 0 Å². The molecule has 162 valence electrons. The monoisotopic (exact) mass is 433 g/mol. The lowest BCUT2D eigenvalue weighted by Gasteiger charge is -2.19. The average Bonchev–Trinajstić information content (AvgIpc) is 3.10. The van der Waals surface area contributed by atoms with E-state index in [2.05, 4.69) is 16.7 Å². The van der Waals surface area contributed by atoms with Crippen molar-refractivity contribution in [1.29, 1.82) is 0 Å². The summed E-state index contributed by atoms with van der Waals surface area (Å²) in [4.78, 5) is 25.6. The topological polar surface area (TPSA) is 81.6 Å². The van der Waals surface area contributed by atoms with Gasteiger partial charge in [-0.25, -0.2) is 0 Å². The van der Waals surface area contributed by atoms with Gasteiger partial charge in [0.15, 0.2) is 0 Å². The Morgan fingerprint density at radius 2 is 2.17 bits per heavy atom. The molecular weight excluding hydrogens is 406 g/mol. The van der Waals surface area contributed by atoms with Crippen molar-refractivity contribution in [1.82, 2.24) is 15.2 Å². The molecule has 0 spiro atoms. The fraction of sp³-hybridized carbons (Fsp3) is 0.455. The Morgan fingerprint density at radius 1 is 1.33 bits per heavy atom. The molecule has 3 heterocycles. The van der Waals surface area contributed by atoms with Crippen molar-refractivity contribution in [3.05, 3.63) is 57.5 Å². The highest BCUT2D eigenvalue weighted by Crippen LogP contribution is 2.27. The fourth-order valence-corrected chi connectivity index (χ4v) is 4.17. The van der Waals surface area contributed by atoms with Crippen LogP contribution >= 0.6 is 12.4 Å². The van der Waals surface area contributed by atoms with Gasteiger partial charge in [-0.3, -0.25) is 9.59 Å². The molecule has 7 nitrogen and oxygen atoms in total. The summed E-state index contributed by atoms with van der Waals surface area (Å²) < 4.78 is 12.9. The first-order valence-electron chi connectivity index (χ1n) is 10.2. The third-order valence-corrected chi connectivity index (χ3v) is 5.70. The number of benzene rings is 1. The van der Waals surface area contributed by atoms with E-state index in [1.807, 2.05) is 18.2 Å². The van der Waals surface area contributed by atoms with Crippen LogP contribution in [0, 0.1) is 5.92 Å². The lowest BCUT2D eigenvalue weighted by Crippen LogP contribution is -2.34. The average molecular weight is 434 g/mol. The molecule has 0 bridgehead atoms. The number of nitrogens with zero attached hydrogens (tertiary/aromatic N) is 1. The van der Waals surface area contributed by atoms with Crippen LogP contribution in [0.15, 0.2) is 35.1 Å². The summed E-state index contributed by atoms with van der Waals surface area (Å²) in [6.45, 7) is 3.18. The van der Waals surface area contributed by atoms with E-state index in [-0.39, 0.29) is 23.9 Å². The van der Waals surface area contributed by atoms with Crippen LogP contribution in [0.2, 0.25) is 0 Å². The van der Waals surface area contributed by atoms with Crippen molar-refractivity contribution in [2.75, 3.05) is 33.4 Å². The van der Waals surface area contributed by atoms with Crippen molar-refractivity contribution in [3.8, 4) is 11.5 Å². The van der Waals surface area contributed by atoms with Gasteiger partial charge in [-0.15, -0.1) is 12.4 Å². The Balaban J connectivity index is 0.00000256. The van der Waals surface area contributed by atoms with Gasteiger partial charge < -0.3 is 24.7 Å². The summed E-state index contributed by atoms with van der Waals surface area (Å²) >= 11 is 0. The third kappa shape index (κ3) is 4.63. The molecule has 2 aliphatic heterocycles. The molecule has 2 aromatic rings. The Kier molecular flexibility index (Phi) is 7.39. The summed E-state index contributed by atoms with van der Waals surface area (Å²) in [5.74, 6) is 1.38. The number of aromatic nitrogens is 1. The van der Waals surface area contributed by atoms with Gasteiger partial charge in [0, 0.05) is 44.4 Å². The van der Waals surface area contributed by atoms with E-state index < -0.39 is 0 Å². The molecule has 4 rings (SSSR count).